The molecule has 0 saturated carbocycles. The van der Waals surface area contributed by atoms with Gasteiger partial charge in [-0.15, -0.1) is 11.3 Å². The summed E-state index contributed by atoms with van der Waals surface area (Å²) in [5.41, 5.74) is 1.17. The molecule has 1 aromatic carbocycles. The van der Waals surface area contributed by atoms with Gasteiger partial charge in [0, 0.05) is 9.17 Å². The second-order valence-electron chi connectivity index (χ2n) is 3.50. The van der Waals surface area contributed by atoms with Gasteiger partial charge in [0.2, 0.25) is 0 Å². The van der Waals surface area contributed by atoms with E-state index in [9.17, 15) is 4.79 Å². The Kier molecular flexibility index (Phi) is 3.30. The van der Waals surface area contributed by atoms with E-state index in [1.807, 2.05) is 26.0 Å². The SMILES string of the molecule is CCOC(=O)c1cc2cc(C)cc(Br)c2s1. The second kappa shape index (κ2) is 4.55. The van der Waals surface area contributed by atoms with Crippen molar-refractivity contribution in [1.82, 2.24) is 0 Å². The first-order valence-corrected chi connectivity index (χ1v) is 6.59. The summed E-state index contributed by atoms with van der Waals surface area (Å²) < 4.78 is 7.11. The molecule has 2 nitrogen and oxygen atoms in total. The highest BCUT2D eigenvalue weighted by Gasteiger charge is 2.12. The number of carbonyl (C=O) groups excluding carboxylic acids is 1. The minimum Gasteiger partial charge on any atom is -0.462 e. The molecule has 0 aliphatic rings. The van der Waals surface area contributed by atoms with Gasteiger partial charge in [-0.2, -0.15) is 0 Å². The molecule has 0 unspecified atom stereocenters. The maximum atomic E-state index is 11.6. The molecule has 0 aliphatic heterocycles. The number of hydrogen-bond donors (Lipinski definition) is 0. The van der Waals surface area contributed by atoms with E-state index in [0.29, 0.717) is 11.5 Å². The lowest BCUT2D eigenvalue weighted by molar-refractivity contribution is 0.0532. The van der Waals surface area contributed by atoms with Crippen LogP contribution in [0.5, 0.6) is 0 Å². The first-order valence-electron chi connectivity index (χ1n) is 4.98. The molecule has 0 amide bonds. The third-order valence-electron chi connectivity index (χ3n) is 2.19. The van der Waals surface area contributed by atoms with Crippen LogP contribution in [0.4, 0.5) is 0 Å². The van der Waals surface area contributed by atoms with E-state index < -0.39 is 0 Å². The van der Waals surface area contributed by atoms with Crippen LogP contribution in [0.25, 0.3) is 10.1 Å². The first-order chi connectivity index (χ1) is 7.61. The monoisotopic (exact) mass is 298 g/mol. The van der Waals surface area contributed by atoms with Gasteiger partial charge >= 0.3 is 5.97 Å². The van der Waals surface area contributed by atoms with Crippen LogP contribution < -0.4 is 0 Å². The highest BCUT2D eigenvalue weighted by Crippen LogP contribution is 2.33. The van der Waals surface area contributed by atoms with Crippen LogP contribution in [0.2, 0.25) is 0 Å². The van der Waals surface area contributed by atoms with Gasteiger partial charge in [-0.05, 0) is 52.9 Å². The zero-order valence-corrected chi connectivity index (χ0v) is 11.4. The number of ether oxygens (including phenoxy) is 1. The Morgan fingerprint density at radius 3 is 2.88 bits per heavy atom. The lowest BCUT2D eigenvalue weighted by atomic mass is 10.2. The molecule has 0 saturated heterocycles. The fourth-order valence-electron chi connectivity index (χ4n) is 1.55. The minimum absolute atomic E-state index is 0.242. The zero-order chi connectivity index (χ0) is 11.7. The topological polar surface area (TPSA) is 26.3 Å². The third kappa shape index (κ3) is 2.13. The largest absolute Gasteiger partial charge is 0.462 e. The van der Waals surface area contributed by atoms with Gasteiger partial charge in [0.1, 0.15) is 4.88 Å². The van der Waals surface area contributed by atoms with Crippen molar-refractivity contribution < 1.29 is 9.53 Å². The van der Waals surface area contributed by atoms with Crippen molar-refractivity contribution in [3.8, 4) is 0 Å². The van der Waals surface area contributed by atoms with Crippen LogP contribution in [-0.4, -0.2) is 12.6 Å². The van der Waals surface area contributed by atoms with Crippen molar-refractivity contribution in [2.24, 2.45) is 0 Å². The van der Waals surface area contributed by atoms with Crippen molar-refractivity contribution in [1.29, 1.82) is 0 Å². The summed E-state index contributed by atoms with van der Waals surface area (Å²) >= 11 is 4.97. The molecule has 2 aromatic rings. The van der Waals surface area contributed by atoms with Crippen molar-refractivity contribution in [2.75, 3.05) is 6.61 Å². The van der Waals surface area contributed by atoms with Crippen LogP contribution in [0.15, 0.2) is 22.7 Å². The molecule has 16 heavy (non-hydrogen) atoms. The summed E-state index contributed by atoms with van der Waals surface area (Å²) in [6, 6.07) is 6.00. The number of thiophene rings is 1. The first kappa shape index (κ1) is 11.6. The Hall–Kier alpha value is -0.870. The molecule has 4 heteroatoms. The molecular weight excluding hydrogens is 288 g/mol. The smallest absolute Gasteiger partial charge is 0.348 e. The third-order valence-corrected chi connectivity index (χ3v) is 4.24. The van der Waals surface area contributed by atoms with Gasteiger partial charge in [0.15, 0.2) is 0 Å². The van der Waals surface area contributed by atoms with E-state index in [-0.39, 0.29) is 5.97 Å². The summed E-state index contributed by atoms with van der Waals surface area (Å²) in [6.45, 7) is 4.25. The Bertz CT molecular complexity index is 545. The Balaban J connectivity index is 2.51. The second-order valence-corrected chi connectivity index (χ2v) is 5.40. The number of fused-ring (bicyclic) bond motifs is 1. The van der Waals surface area contributed by atoms with E-state index in [1.54, 1.807) is 0 Å². The summed E-state index contributed by atoms with van der Waals surface area (Å²) in [4.78, 5) is 12.2. The van der Waals surface area contributed by atoms with E-state index in [1.165, 1.54) is 16.9 Å². The standard InChI is InChI=1S/C12H11BrO2S/c1-3-15-12(14)10-6-8-4-7(2)5-9(13)11(8)16-10/h4-6H,3H2,1-2H3. The molecule has 0 spiro atoms. The van der Waals surface area contributed by atoms with E-state index in [0.717, 1.165) is 14.6 Å². The number of halogens is 1. The molecule has 0 fully saturated rings. The molecule has 0 atom stereocenters. The summed E-state index contributed by atoms with van der Waals surface area (Å²) in [6.07, 6.45) is 0. The molecule has 0 N–H and O–H groups in total. The Morgan fingerprint density at radius 1 is 1.44 bits per heavy atom. The van der Waals surface area contributed by atoms with Gasteiger partial charge in [0.05, 0.1) is 6.61 Å². The molecular formula is C12H11BrO2S. The van der Waals surface area contributed by atoms with Crippen molar-refractivity contribution >= 4 is 43.3 Å². The highest BCUT2D eigenvalue weighted by atomic mass is 79.9. The highest BCUT2D eigenvalue weighted by molar-refractivity contribution is 9.10. The molecule has 0 aliphatic carbocycles. The van der Waals surface area contributed by atoms with E-state index in [4.69, 9.17) is 4.74 Å². The number of aryl methyl sites for hydroxylation is 1. The quantitative estimate of drug-likeness (QED) is 0.779. The van der Waals surface area contributed by atoms with Gasteiger partial charge in [0.25, 0.3) is 0 Å². The van der Waals surface area contributed by atoms with Crippen molar-refractivity contribution in [3.05, 3.63) is 33.1 Å². The lowest BCUT2D eigenvalue weighted by Crippen LogP contribution is -2.01. The van der Waals surface area contributed by atoms with Crippen LogP contribution in [-0.2, 0) is 4.74 Å². The minimum atomic E-state index is -0.242. The number of carbonyl (C=O) groups is 1. The van der Waals surface area contributed by atoms with Crippen LogP contribution in [0.1, 0.15) is 22.2 Å². The number of benzene rings is 1. The molecule has 0 radical (unpaired) electrons. The Labute approximate surface area is 106 Å². The van der Waals surface area contributed by atoms with E-state index in [2.05, 4.69) is 22.0 Å². The maximum absolute atomic E-state index is 11.6. The predicted octanol–water partition coefficient (Wildman–Crippen LogP) is 4.15. The Morgan fingerprint density at radius 2 is 2.19 bits per heavy atom. The normalized spacial score (nSPS) is 10.7. The van der Waals surface area contributed by atoms with Crippen molar-refractivity contribution in [2.45, 2.75) is 13.8 Å². The molecule has 1 aromatic heterocycles. The van der Waals surface area contributed by atoms with Crippen molar-refractivity contribution in [3.63, 3.8) is 0 Å². The number of rotatable bonds is 2. The molecule has 84 valence electrons. The number of esters is 1. The van der Waals surface area contributed by atoms with Gasteiger partial charge in [-0.1, -0.05) is 6.07 Å². The van der Waals surface area contributed by atoms with Crippen LogP contribution in [0.3, 0.4) is 0 Å². The summed E-state index contributed by atoms with van der Waals surface area (Å²) in [5.74, 6) is -0.242. The predicted molar refractivity (Wildman–Crippen MR) is 70.2 cm³/mol. The van der Waals surface area contributed by atoms with E-state index >= 15 is 0 Å². The summed E-state index contributed by atoms with van der Waals surface area (Å²) in [7, 11) is 0. The fraction of sp³-hybridized carbons (Fsp3) is 0.250. The zero-order valence-electron chi connectivity index (χ0n) is 9.04. The van der Waals surface area contributed by atoms with Gasteiger partial charge in [-0.25, -0.2) is 4.79 Å². The average Bonchev–Trinajstić information content (AvgIpc) is 2.62. The van der Waals surface area contributed by atoms with Gasteiger partial charge in [-0.3, -0.25) is 0 Å². The average molecular weight is 299 g/mol. The molecule has 2 rings (SSSR count). The number of hydrogen-bond acceptors (Lipinski definition) is 3. The van der Waals surface area contributed by atoms with Gasteiger partial charge < -0.3 is 4.74 Å². The van der Waals surface area contributed by atoms with Crippen LogP contribution in [0, 0.1) is 6.92 Å². The lowest BCUT2D eigenvalue weighted by Gasteiger charge is -1.96. The fourth-order valence-corrected chi connectivity index (χ4v) is 3.33. The molecule has 1 heterocycles. The van der Waals surface area contributed by atoms with Crippen LogP contribution >= 0.6 is 27.3 Å². The maximum Gasteiger partial charge on any atom is 0.348 e. The molecule has 0 bridgehead atoms. The summed E-state index contributed by atoms with van der Waals surface area (Å²) in [5, 5.41) is 1.08.